The average molecular weight is 425 g/mol. The van der Waals surface area contributed by atoms with Crippen molar-refractivity contribution in [3.8, 4) is 17.5 Å². The molecule has 0 radical (unpaired) electrons. The Balaban J connectivity index is 2.34. The van der Waals surface area contributed by atoms with Crippen molar-refractivity contribution in [2.75, 3.05) is 0 Å². The van der Waals surface area contributed by atoms with Crippen LogP contribution in [0, 0.1) is 11.3 Å². The van der Waals surface area contributed by atoms with Gasteiger partial charge in [0.25, 0.3) is 0 Å². The van der Waals surface area contributed by atoms with Gasteiger partial charge in [-0.15, -0.1) is 11.3 Å². The zero-order chi connectivity index (χ0) is 15.1. The molecule has 0 aliphatic carbocycles. The summed E-state index contributed by atoms with van der Waals surface area (Å²) in [6.07, 6.45) is 0. The summed E-state index contributed by atoms with van der Waals surface area (Å²) >= 11 is 8.75. The number of nitriles is 1. The van der Waals surface area contributed by atoms with Crippen molar-refractivity contribution in [1.82, 2.24) is 9.55 Å². The highest BCUT2D eigenvalue weighted by molar-refractivity contribution is 9.12. The molecular weight excluding hydrogens is 414 g/mol. The Morgan fingerprint density at radius 1 is 1.29 bits per heavy atom. The molecule has 0 saturated heterocycles. The van der Waals surface area contributed by atoms with E-state index in [4.69, 9.17) is 10.2 Å². The van der Waals surface area contributed by atoms with E-state index in [9.17, 15) is 0 Å². The third kappa shape index (κ3) is 2.54. The van der Waals surface area contributed by atoms with E-state index in [0.717, 1.165) is 30.0 Å². The van der Waals surface area contributed by atoms with Crippen molar-refractivity contribution in [3.05, 3.63) is 37.4 Å². The number of hydrogen-bond acceptors (Lipinski definition) is 3. The van der Waals surface area contributed by atoms with Gasteiger partial charge in [0.2, 0.25) is 0 Å². The van der Waals surface area contributed by atoms with Crippen LogP contribution in [0.25, 0.3) is 22.4 Å². The van der Waals surface area contributed by atoms with Gasteiger partial charge in [0, 0.05) is 11.6 Å². The molecule has 0 amide bonds. The van der Waals surface area contributed by atoms with E-state index in [1.807, 2.05) is 18.2 Å². The standard InChI is InChI=1S/C15H11Br2N3S/c1-8(2)20-12-4-3-9(7-18)5-11(12)19-15(20)10-6-13(16)21-14(10)17/h3-6,8H,1-2H3. The predicted octanol–water partition coefficient (Wildman–Crippen LogP) is 5.74. The van der Waals surface area contributed by atoms with E-state index in [0.29, 0.717) is 5.56 Å². The molecule has 21 heavy (non-hydrogen) atoms. The van der Waals surface area contributed by atoms with E-state index >= 15 is 0 Å². The summed E-state index contributed by atoms with van der Waals surface area (Å²) in [7, 11) is 0. The molecule has 1 aromatic carbocycles. The van der Waals surface area contributed by atoms with Crippen LogP contribution in [0.2, 0.25) is 0 Å². The van der Waals surface area contributed by atoms with Crippen LogP contribution < -0.4 is 0 Å². The molecule has 2 heterocycles. The van der Waals surface area contributed by atoms with Gasteiger partial charge in [-0.2, -0.15) is 5.26 Å². The lowest BCUT2D eigenvalue weighted by molar-refractivity contribution is 0.624. The quantitative estimate of drug-likeness (QED) is 0.526. The van der Waals surface area contributed by atoms with Gasteiger partial charge in [0.15, 0.2) is 0 Å². The molecule has 0 aliphatic rings. The molecule has 2 aromatic heterocycles. The minimum absolute atomic E-state index is 0.281. The first kappa shape index (κ1) is 14.8. The third-order valence-electron chi connectivity index (χ3n) is 3.23. The van der Waals surface area contributed by atoms with Gasteiger partial charge < -0.3 is 4.57 Å². The first-order valence-electron chi connectivity index (χ1n) is 6.38. The minimum Gasteiger partial charge on any atom is -0.321 e. The van der Waals surface area contributed by atoms with Crippen LogP contribution in [-0.4, -0.2) is 9.55 Å². The van der Waals surface area contributed by atoms with Gasteiger partial charge in [0.1, 0.15) is 5.82 Å². The summed E-state index contributed by atoms with van der Waals surface area (Å²) in [5.74, 6) is 0.920. The van der Waals surface area contributed by atoms with Crippen molar-refractivity contribution < 1.29 is 0 Å². The Morgan fingerprint density at radius 2 is 2.05 bits per heavy atom. The lowest BCUT2D eigenvalue weighted by Crippen LogP contribution is -2.02. The van der Waals surface area contributed by atoms with Crippen LogP contribution >= 0.6 is 43.2 Å². The smallest absolute Gasteiger partial charge is 0.143 e. The molecule has 0 bridgehead atoms. The highest BCUT2D eigenvalue weighted by Gasteiger charge is 2.19. The molecule has 0 fully saturated rings. The molecule has 0 saturated carbocycles. The van der Waals surface area contributed by atoms with E-state index in [1.54, 1.807) is 11.3 Å². The van der Waals surface area contributed by atoms with Crippen molar-refractivity contribution in [3.63, 3.8) is 0 Å². The van der Waals surface area contributed by atoms with Gasteiger partial charge in [-0.05, 0) is 70.0 Å². The molecular formula is C15H11Br2N3S. The van der Waals surface area contributed by atoms with Crippen molar-refractivity contribution in [1.29, 1.82) is 5.26 Å². The molecule has 106 valence electrons. The number of nitrogens with zero attached hydrogens (tertiary/aromatic N) is 3. The van der Waals surface area contributed by atoms with Gasteiger partial charge in [-0.25, -0.2) is 4.98 Å². The average Bonchev–Trinajstić information content (AvgIpc) is 2.97. The Bertz CT molecular complexity index is 871. The van der Waals surface area contributed by atoms with Crippen molar-refractivity contribution >= 4 is 54.2 Å². The Labute approximate surface area is 143 Å². The van der Waals surface area contributed by atoms with Crippen LogP contribution in [0.5, 0.6) is 0 Å². The molecule has 0 aliphatic heterocycles. The summed E-state index contributed by atoms with van der Waals surface area (Å²) < 4.78 is 4.31. The molecule has 0 unspecified atom stereocenters. The fourth-order valence-electron chi connectivity index (χ4n) is 2.37. The predicted molar refractivity (Wildman–Crippen MR) is 93.5 cm³/mol. The highest BCUT2D eigenvalue weighted by atomic mass is 79.9. The fraction of sp³-hybridized carbons (Fsp3) is 0.200. The van der Waals surface area contributed by atoms with Gasteiger partial charge >= 0.3 is 0 Å². The lowest BCUT2D eigenvalue weighted by atomic mass is 10.2. The number of thiophene rings is 1. The zero-order valence-electron chi connectivity index (χ0n) is 11.4. The first-order valence-corrected chi connectivity index (χ1v) is 8.79. The maximum absolute atomic E-state index is 9.05. The number of benzene rings is 1. The lowest BCUT2D eigenvalue weighted by Gasteiger charge is -2.12. The van der Waals surface area contributed by atoms with Gasteiger partial charge in [-0.3, -0.25) is 0 Å². The number of aromatic nitrogens is 2. The second kappa shape index (κ2) is 5.56. The molecule has 3 rings (SSSR count). The third-order valence-corrected chi connectivity index (χ3v) is 5.57. The monoisotopic (exact) mass is 423 g/mol. The van der Waals surface area contributed by atoms with E-state index in [-0.39, 0.29) is 6.04 Å². The number of fused-ring (bicyclic) bond motifs is 1. The van der Waals surface area contributed by atoms with Gasteiger partial charge in [0.05, 0.1) is 30.2 Å². The van der Waals surface area contributed by atoms with Crippen LogP contribution in [0.4, 0.5) is 0 Å². The Morgan fingerprint density at radius 3 is 2.62 bits per heavy atom. The minimum atomic E-state index is 0.281. The molecule has 6 heteroatoms. The van der Waals surface area contributed by atoms with Crippen LogP contribution in [-0.2, 0) is 0 Å². The van der Waals surface area contributed by atoms with E-state index in [1.165, 1.54) is 0 Å². The normalized spacial score (nSPS) is 11.2. The zero-order valence-corrected chi connectivity index (χ0v) is 15.4. The second-order valence-corrected chi connectivity index (χ2v) is 8.70. The topological polar surface area (TPSA) is 41.6 Å². The molecule has 0 N–H and O–H groups in total. The maximum atomic E-state index is 9.05. The van der Waals surface area contributed by atoms with Crippen molar-refractivity contribution in [2.45, 2.75) is 19.9 Å². The van der Waals surface area contributed by atoms with E-state index in [2.05, 4.69) is 62.4 Å². The van der Waals surface area contributed by atoms with Crippen molar-refractivity contribution in [2.24, 2.45) is 0 Å². The van der Waals surface area contributed by atoms with Crippen LogP contribution in [0.1, 0.15) is 25.5 Å². The molecule has 0 atom stereocenters. The largest absolute Gasteiger partial charge is 0.321 e. The van der Waals surface area contributed by atoms with E-state index < -0.39 is 0 Å². The molecule has 3 nitrogen and oxygen atoms in total. The van der Waals surface area contributed by atoms with Gasteiger partial charge in [-0.1, -0.05) is 0 Å². The summed E-state index contributed by atoms with van der Waals surface area (Å²) in [5, 5.41) is 9.05. The summed E-state index contributed by atoms with van der Waals surface area (Å²) in [6, 6.07) is 10.2. The summed E-state index contributed by atoms with van der Waals surface area (Å²) in [5.41, 5.74) is 3.60. The first-order chi connectivity index (χ1) is 10.0. The molecule has 0 spiro atoms. The Kier molecular flexibility index (Phi) is 3.91. The fourth-order valence-corrected chi connectivity index (χ4v) is 5.16. The summed E-state index contributed by atoms with van der Waals surface area (Å²) in [4.78, 5) is 4.75. The SMILES string of the molecule is CC(C)n1c(-c2cc(Br)sc2Br)nc2cc(C#N)ccc21. The maximum Gasteiger partial charge on any atom is 0.143 e. The summed E-state index contributed by atoms with van der Waals surface area (Å²) in [6.45, 7) is 4.27. The molecule has 3 aromatic rings. The van der Waals surface area contributed by atoms with Crippen LogP contribution in [0.15, 0.2) is 31.8 Å². The Hall–Kier alpha value is -1.16. The van der Waals surface area contributed by atoms with Crippen LogP contribution in [0.3, 0.4) is 0 Å². The second-order valence-electron chi connectivity index (χ2n) is 4.95. The highest BCUT2D eigenvalue weighted by Crippen LogP contribution is 2.40. The number of hydrogen-bond donors (Lipinski definition) is 0. The number of halogens is 2. The number of imidazole rings is 1. The number of rotatable bonds is 2.